The van der Waals surface area contributed by atoms with Gasteiger partial charge in [0.25, 0.3) is 11.8 Å². The molecule has 1 spiro atoms. The summed E-state index contributed by atoms with van der Waals surface area (Å²) in [6.45, 7) is 7.91. The second-order valence-electron chi connectivity index (χ2n) is 8.56. The fourth-order valence-corrected chi connectivity index (χ4v) is 5.29. The summed E-state index contributed by atoms with van der Waals surface area (Å²) in [5.74, 6) is -3.19. The number of aromatic amines is 1. The van der Waals surface area contributed by atoms with E-state index >= 15 is 0 Å². The van der Waals surface area contributed by atoms with E-state index in [1.807, 2.05) is 38.1 Å². The van der Waals surface area contributed by atoms with Gasteiger partial charge in [-0.1, -0.05) is 38.1 Å². The number of fused-ring (bicyclic) bond motifs is 2. The Balaban J connectivity index is 1.91. The standard InChI is InChI=1S/C23H23N5O4/c1-5-21(2,3)22-11-18(29)20(31)27-17(10-14-12-24-13-25-14)19(30)26-23(22,27)28(32-4)16-9-7-6-8-15(16)22/h5-13,29H,1H2,2-4H3,(H,24,25)(H,26,30)/b17-10-/t22-,23-/m1/s1. The molecule has 32 heavy (non-hydrogen) atoms. The zero-order valence-electron chi connectivity index (χ0n) is 17.9. The van der Waals surface area contributed by atoms with Gasteiger partial charge in [-0.3, -0.25) is 19.3 Å². The fourth-order valence-electron chi connectivity index (χ4n) is 5.29. The molecule has 3 aliphatic rings. The first-order chi connectivity index (χ1) is 15.2. The zero-order chi connectivity index (χ0) is 22.9. The Bertz CT molecular complexity index is 1210. The molecule has 0 aliphatic carbocycles. The first-order valence-corrected chi connectivity index (χ1v) is 10.1. The van der Waals surface area contributed by atoms with Crippen LogP contribution in [0.25, 0.3) is 6.08 Å². The SMILES string of the molecule is C=CC(C)(C)[C@]12C=C(O)C(=O)N3/C(=C\c4cnc[nH]4)C(=O)N[C@@]31N(OC)c1ccccc12. The summed E-state index contributed by atoms with van der Waals surface area (Å²) in [4.78, 5) is 40.8. The van der Waals surface area contributed by atoms with Crippen LogP contribution < -0.4 is 10.4 Å². The van der Waals surface area contributed by atoms with Gasteiger partial charge in [-0.25, -0.2) is 10.0 Å². The maximum atomic E-state index is 13.4. The van der Waals surface area contributed by atoms with E-state index in [2.05, 4.69) is 21.9 Å². The van der Waals surface area contributed by atoms with Crippen LogP contribution in [0.3, 0.4) is 0 Å². The summed E-state index contributed by atoms with van der Waals surface area (Å²) in [6.07, 6.45) is 7.81. The summed E-state index contributed by atoms with van der Waals surface area (Å²) in [7, 11) is 1.48. The largest absolute Gasteiger partial charge is 0.503 e. The van der Waals surface area contributed by atoms with Crippen molar-refractivity contribution in [2.24, 2.45) is 5.41 Å². The molecular formula is C23H23N5O4. The number of benzene rings is 1. The lowest BCUT2D eigenvalue weighted by atomic mass is 9.57. The van der Waals surface area contributed by atoms with Gasteiger partial charge in [0, 0.05) is 5.41 Å². The number of aliphatic hydroxyl groups excluding tert-OH is 1. The molecule has 0 unspecified atom stereocenters. The van der Waals surface area contributed by atoms with E-state index in [-0.39, 0.29) is 5.70 Å². The number of carbonyl (C=O) groups excluding carboxylic acids is 2. The average Bonchev–Trinajstić information content (AvgIpc) is 3.44. The number of nitrogens with zero attached hydrogens (tertiary/aromatic N) is 3. The van der Waals surface area contributed by atoms with E-state index in [4.69, 9.17) is 4.84 Å². The number of nitrogens with one attached hydrogen (secondary N) is 2. The van der Waals surface area contributed by atoms with Crippen LogP contribution in [0, 0.1) is 5.41 Å². The molecule has 1 saturated heterocycles. The highest BCUT2D eigenvalue weighted by atomic mass is 16.7. The fraction of sp³-hybridized carbons (Fsp3) is 0.261. The molecule has 3 N–H and O–H groups in total. The third-order valence-corrected chi connectivity index (χ3v) is 6.77. The van der Waals surface area contributed by atoms with E-state index < -0.39 is 34.2 Å². The predicted molar refractivity (Wildman–Crippen MR) is 117 cm³/mol. The highest BCUT2D eigenvalue weighted by Crippen LogP contribution is 2.64. The third-order valence-electron chi connectivity index (χ3n) is 6.77. The first-order valence-electron chi connectivity index (χ1n) is 10.1. The second-order valence-corrected chi connectivity index (χ2v) is 8.56. The van der Waals surface area contributed by atoms with E-state index in [1.165, 1.54) is 41.7 Å². The van der Waals surface area contributed by atoms with Gasteiger partial charge >= 0.3 is 0 Å². The van der Waals surface area contributed by atoms with Crippen molar-refractivity contribution in [2.75, 3.05) is 12.2 Å². The Kier molecular flexibility index (Phi) is 3.97. The molecule has 0 radical (unpaired) electrons. The van der Waals surface area contributed by atoms with Gasteiger partial charge in [0.1, 0.15) is 5.70 Å². The number of hydroxylamine groups is 1. The van der Waals surface area contributed by atoms with Gasteiger partial charge < -0.3 is 15.4 Å². The smallest absolute Gasteiger partial charge is 0.296 e. The Hall–Kier alpha value is -3.85. The molecule has 4 heterocycles. The van der Waals surface area contributed by atoms with Gasteiger partial charge in [-0.2, -0.15) is 0 Å². The summed E-state index contributed by atoms with van der Waals surface area (Å²) in [6, 6.07) is 7.47. The number of imidazole rings is 1. The number of hydrogen-bond acceptors (Lipinski definition) is 6. The summed E-state index contributed by atoms with van der Waals surface area (Å²) >= 11 is 0. The number of anilines is 1. The minimum Gasteiger partial charge on any atom is -0.503 e. The molecule has 3 aliphatic heterocycles. The molecule has 2 aromatic rings. The van der Waals surface area contributed by atoms with Crippen molar-refractivity contribution in [3.8, 4) is 0 Å². The van der Waals surface area contributed by atoms with Gasteiger partial charge in [-0.15, -0.1) is 6.58 Å². The number of aromatic nitrogens is 2. The lowest BCUT2D eigenvalue weighted by Crippen LogP contribution is -2.76. The molecule has 5 rings (SSSR count). The van der Waals surface area contributed by atoms with Gasteiger partial charge in [-0.05, 0) is 23.8 Å². The van der Waals surface area contributed by atoms with E-state index in [0.29, 0.717) is 11.4 Å². The molecule has 2 atom stereocenters. The molecule has 9 nitrogen and oxygen atoms in total. The van der Waals surface area contributed by atoms with Crippen LogP contribution in [0.1, 0.15) is 25.1 Å². The van der Waals surface area contributed by atoms with Crippen molar-refractivity contribution in [1.29, 1.82) is 0 Å². The quantitative estimate of drug-likeness (QED) is 0.504. The third kappa shape index (κ3) is 2.08. The first kappa shape index (κ1) is 20.1. The number of allylic oxidation sites excluding steroid dienone is 1. The van der Waals surface area contributed by atoms with Crippen molar-refractivity contribution in [3.63, 3.8) is 0 Å². The second kappa shape index (κ2) is 6.33. The van der Waals surface area contributed by atoms with Crippen LogP contribution in [0.15, 0.2) is 67.0 Å². The highest BCUT2D eigenvalue weighted by molar-refractivity contribution is 6.10. The Morgan fingerprint density at radius 3 is 2.69 bits per heavy atom. The maximum Gasteiger partial charge on any atom is 0.296 e. The maximum absolute atomic E-state index is 13.4. The number of hydrogen-bond donors (Lipinski definition) is 3. The Morgan fingerprint density at radius 2 is 2.03 bits per heavy atom. The lowest BCUT2D eigenvalue weighted by molar-refractivity contribution is -0.144. The van der Waals surface area contributed by atoms with Crippen molar-refractivity contribution in [3.05, 3.63) is 78.2 Å². The average molecular weight is 433 g/mol. The number of para-hydroxylation sites is 1. The molecule has 1 fully saturated rings. The van der Waals surface area contributed by atoms with Crippen molar-refractivity contribution >= 4 is 23.6 Å². The summed E-state index contributed by atoms with van der Waals surface area (Å²) in [5.41, 5.74) is 0.141. The van der Waals surface area contributed by atoms with Crippen LogP contribution >= 0.6 is 0 Å². The number of carbonyl (C=O) groups is 2. The molecule has 0 saturated carbocycles. The number of aliphatic hydroxyl groups is 1. The number of rotatable bonds is 4. The lowest BCUT2D eigenvalue weighted by Gasteiger charge is -2.56. The molecule has 164 valence electrons. The summed E-state index contributed by atoms with van der Waals surface area (Å²) < 4.78 is 0. The van der Waals surface area contributed by atoms with Crippen LogP contribution in [-0.4, -0.2) is 44.7 Å². The minimum absolute atomic E-state index is 0.0537. The van der Waals surface area contributed by atoms with Crippen molar-refractivity contribution in [2.45, 2.75) is 25.0 Å². The zero-order valence-corrected chi connectivity index (χ0v) is 17.9. The Labute approximate surface area is 184 Å². The number of amides is 2. The van der Waals surface area contributed by atoms with Crippen LogP contribution in [-0.2, 0) is 19.8 Å². The minimum atomic E-state index is -1.52. The normalized spacial score (nSPS) is 27.7. The van der Waals surface area contributed by atoms with Crippen molar-refractivity contribution in [1.82, 2.24) is 20.2 Å². The molecule has 9 heteroatoms. The molecule has 1 aromatic heterocycles. The van der Waals surface area contributed by atoms with E-state index in [9.17, 15) is 14.7 Å². The monoisotopic (exact) mass is 433 g/mol. The van der Waals surface area contributed by atoms with Crippen LogP contribution in [0.5, 0.6) is 0 Å². The molecular weight excluding hydrogens is 410 g/mol. The summed E-state index contributed by atoms with van der Waals surface area (Å²) in [5, 5.41) is 15.5. The predicted octanol–water partition coefficient (Wildman–Crippen LogP) is 2.35. The van der Waals surface area contributed by atoms with Crippen molar-refractivity contribution < 1.29 is 19.5 Å². The van der Waals surface area contributed by atoms with Gasteiger partial charge in [0.15, 0.2) is 5.76 Å². The van der Waals surface area contributed by atoms with E-state index in [1.54, 1.807) is 6.08 Å². The van der Waals surface area contributed by atoms with Gasteiger partial charge in [0.2, 0.25) is 5.79 Å². The van der Waals surface area contributed by atoms with Crippen LogP contribution in [0.4, 0.5) is 5.69 Å². The topological polar surface area (TPSA) is 111 Å². The molecule has 0 bridgehead atoms. The van der Waals surface area contributed by atoms with Crippen LogP contribution in [0.2, 0.25) is 0 Å². The van der Waals surface area contributed by atoms with E-state index in [0.717, 1.165) is 5.56 Å². The van der Waals surface area contributed by atoms with Gasteiger partial charge in [0.05, 0.1) is 36.4 Å². The highest BCUT2D eigenvalue weighted by Gasteiger charge is 2.76. The molecule has 1 aromatic carbocycles. The number of H-pyrrole nitrogens is 1. The molecule has 2 amide bonds. The Morgan fingerprint density at radius 1 is 1.28 bits per heavy atom.